The van der Waals surface area contributed by atoms with Gasteiger partial charge in [0.1, 0.15) is 11.4 Å². The molecule has 4 aromatic rings. The Morgan fingerprint density at radius 1 is 0.973 bits per heavy atom. The number of hydrogen-bond acceptors (Lipinski definition) is 5. The molecule has 1 N–H and O–H groups in total. The number of carbonyl (C=O) groups excluding carboxylic acids is 1. The first kappa shape index (κ1) is 25.8. The van der Waals surface area contributed by atoms with Gasteiger partial charge < -0.3 is 9.64 Å². The van der Waals surface area contributed by atoms with Crippen LogP contribution in [0.5, 0.6) is 5.75 Å². The van der Waals surface area contributed by atoms with Crippen molar-refractivity contribution >= 4 is 21.6 Å². The Bertz CT molecular complexity index is 1590. The van der Waals surface area contributed by atoms with Crippen molar-refractivity contribution in [3.63, 3.8) is 0 Å². The number of sulfonamides is 1. The lowest BCUT2D eigenvalue weighted by Gasteiger charge is -2.19. The number of hydrogen-bond donors (Lipinski definition) is 1. The number of methoxy groups -OCH3 is 1. The van der Waals surface area contributed by atoms with Crippen LogP contribution < -0.4 is 15.0 Å². The third-order valence-electron chi connectivity index (χ3n) is 6.15. The normalized spacial score (nSPS) is 11.2. The number of ether oxygens (including phenoxy) is 1. The maximum absolute atomic E-state index is 13.1. The zero-order chi connectivity index (χ0) is 26.7. The van der Waals surface area contributed by atoms with Crippen molar-refractivity contribution in [2.24, 2.45) is 7.05 Å². The standard InChI is InChI=1S/C27H28N4O5S/c1-19-25(27(33)31(30(19)3)22-11-6-5-7-12-22)28-37(34,35)23-16-14-20(15-17-23)26(32)29(2)18-21-10-8-9-13-24(21)36-4/h5-17,28H,18H2,1-4H3. The number of para-hydroxylation sites is 2. The third-order valence-corrected chi connectivity index (χ3v) is 7.51. The maximum atomic E-state index is 13.1. The van der Waals surface area contributed by atoms with Crippen LogP contribution in [0.3, 0.4) is 0 Å². The van der Waals surface area contributed by atoms with Crippen LogP contribution in [0.25, 0.3) is 5.69 Å². The van der Waals surface area contributed by atoms with E-state index in [1.807, 2.05) is 30.3 Å². The van der Waals surface area contributed by atoms with Gasteiger partial charge in [-0.2, -0.15) is 0 Å². The third kappa shape index (κ3) is 5.14. The first-order chi connectivity index (χ1) is 17.6. The average Bonchev–Trinajstić information content (AvgIpc) is 3.11. The van der Waals surface area contributed by atoms with Crippen LogP contribution in [0, 0.1) is 6.92 Å². The second-order valence-electron chi connectivity index (χ2n) is 8.54. The van der Waals surface area contributed by atoms with Gasteiger partial charge in [-0.15, -0.1) is 0 Å². The van der Waals surface area contributed by atoms with Crippen molar-refractivity contribution in [2.75, 3.05) is 18.9 Å². The summed E-state index contributed by atoms with van der Waals surface area (Å²) in [4.78, 5) is 27.5. The highest BCUT2D eigenvalue weighted by molar-refractivity contribution is 7.92. The Morgan fingerprint density at radius 3 is 2.24 bits per heavy atom. The predicted molar refractivity (Wildman–Crippen MR) is 142 cm³/mol. The SMILES string of the molecule is COc1ccccc1CN(C)C(=O)c1ccc(S(=O)(=O)Nc2c(C)n(C)n(-c3ccccc3)c2=O)cc1. The Morgan fingerprint density at radius 2 is 1.59 bits per heavy atom. The topological polar surface area (TPSA) is 103 Å². The van der Waals surface area contributed by atoms with Crippen LogP contribution in [0.1, 0.15) is 21.6 Å². The Balaban J connectivity index is 1.55. The molecule has 1 aromatic heterocycles. The van der Waals surface area contributed by atoms with Gasteiger partial charge >= 0.3 is 0 Å². The highest BCUT2D eigenvalue weighted by Gasteiger charge is 2.23. The molecular weight excluding hydrogens is 492 g/mol. The van der Waals surface area contributed by atoms with E-state index in [-0.39, 0.29) is 16.5 Å². The minimum atomic E-state index is -4.08. The molecule has 0 aliphatic heterocycles. The fourth-order valence-corrected chi connectivity index (χ4v) is 5.15. The molecule has 9 nitrogen and oxygen atoms in total. The summed E-state index contributed by atoms with van der Waals surface area (Å²) in [5.74, 6) is 0.407. The second-order valence-corrected chi connectivity index (χ2v) is 10.2. The molecule has 37 heavy (non-hydrogen) atoms. The lowest BCUT2D eigenvalue weighted by molar-refractivity contribution is 0.0784. The first-order valence-electron chi connectivity index (χ1n) is 11.5. The number of aromatic nitrogens is 2. The summed E-state index contributed by atoms with van der Waals surface area (Å²) in [7, 11) is 0.836. The van der Waals surface area contributed by atoms with Crippen LogP contribution in [0.4, 0.5) is 5.69 Å². The Labute approximate surface area is 215 Å². The number of nitrogens with zero attached hydrogens (tertiary/aromatic N) is 3. The molecule has 1 amide bonds. The number of rotatable bonds is 8. The van der Waals surface area contributed by atoms with Crippen LogP contribution in [0.15, 0.2) is 88.6 Å². The van der Waals surface area contributed by atoms with E-state index in [9.17, 15) is 18.0 Å². The molecule has 192 valence electrons. The Hall–Kier alpha value is -4.31. The maximum Gasteiger partial charge on any atom is 0.296 e. The van der Waals surface area contributed by atoms with E-state index in [1.165, 1.54) is 33.8 Å². The first-order valence-corrected chi connectivity index (χ1v) is 13.0. The van der Waals surface area contributed by atoms with E-state index in [0.717, 1.165) is 5.56 Å². The van der Waals surface area contributed by atoms with Crippen molar-refractivity contribution in [2.45, 2.75) is 18.4 Å². The number of anilines is 1. The quantitative estimate of drug-likeness (QED) is 0.383. The molecule has 10 heteroatoms. The van der Waals surface area contributed by atoms with E-state index >= 15 is 0 Å². The molecule has 0 aliphatic carbocycles. The number of nitrogens with one attached hydrogen (secondary N) is 1. The lowest BCUT2D eigenvalue weighted by Crippen LogP contribution is -2.26. The van der Waals surface area contributed by atoms with Gasteiger partial charge in [-0.3, -0.25) is 19.0 Å². The summed E-state index contributed by atoms with van der Waals surface area (Å²) in [6, 6.07) is 22.0. The summed E-state index contributed by atoms with van der Waals surface area (Å²) >= 11 is 0. The van der Waals surface area contributed by atoms with Gasteiger partial charge in [-0.1, -0.05) is 36.4 Å². The predicted octanol–water partition coefficient (Wildman–Crippen LogP) is 3.57. The molecule has 0 radical (unpaired) electrons. The molecule has 0 saturated carbocycles. The summed E-state index contributed by atoms with van der Waals surface area (Å²) in [5.41, 5.74) is 1.73. The minimum Gasteiger partial charge on any atom is -0.496 e. The zero-order valence-electron chi connectivity index (χ0n) is 21.0. The van der Waals surface area contributed by atoms with Gasteiger partial charge in [-0.25, -0.2) is 13.1 Å². The summed E-state index contributed by atoms with van der Waals surface area (Å²) < 4.78 is 37.0. The fourth-order valence-electron chi connectivity index (χ4n) is 4.04. The molecule has 0 spiro atoms. The van der Waals surface area contributed by atoms with E-state index in [0.29, 0.717) is 29.2 Å². The van der Waals surface area contributed by atoms with Gasteiger partial charge in [0.25, 0.3) is 21.5 Å². The smallest absolute Gasteiger partial charge is 0.296 e. The number of benzene rings is 3. The molecule has 0 fully saturated rings. The summed E-state index contributed by atoms with van der Waals surface area (Å²) in [5, 5.41) is 0. The minimum absolute atomic E-state index is 0.0388. The largest absolute Gasteiger partial charge is 0.496 e. The lowest BCUT2D eigenvalue weighted by atomic mass is 10.1. The average molecular weight is 521 g/mol. The molecule has 0 bridgehead atoms. The molecule has 1 heterocycles. The second kappa shape index (κ2) is 10.4. The van der Waals surface area contributed by atoms with Crippen LogP contribution >= 0.6 is 0 Å². The molecular formula is C27H28N4O5S. The van der Waals surface area contributed by atoms with E-state index < -0.39 is 15.6 Å². The van der Waals surface area contributed by atoms with Crippen molar-refractivity contribution in [1.29, 1.82) is 0 Å². The van der Waals surface area contributed by atoms with Crippen LogP contribution in [0.2, 0.25) is 0 Å². The monoisotopic (exact) mass is 520 g/mol. The number of carbonyl (C=O) groups is 1. The van der Waals surface area contributed by atoms with E-state index in [4.69, 9.17) is 4.74 Å². The van der Waals surface area contributed by atoms with Crippen molar-refractivity contribution in [3.05, 3.63) is 106 Å². The van der Waals surface area contributed by atoms with Gasteiger partial charge in [0.05, 0.1) is 23.4 Å². The molecule has 0 unspecified atom stereocenters. The van der Waals surface area contributed by atoms with Crippen molar-refractivity contribution in [3.8, 4) is 11.4 Å². The van der Waals surface area contributed by atoms with Gasteiger partial charge in [0, 0.05) is 31.8 Å². The molecule has 0 aliphatic rings. The molecule has 4 rings (SSSR count). The molecule has 0 saturated heterocycles. The highest BCUT2D eigenvalue weighted by Crippen LogP contribution is 2.22. The number of amides is 1. The zero-order valence-corrected chi connectivity index (χ0v) is 21.8. The fraction of sp³-hybridized carbons (Fsp3) is 0.185. The summed E-state index contributed by atoms with van der Waals surface area (Å²) in [6.45, 7) is 1.99. The van der Waals surface area contributed by atoms with Crippen molar-refractivity contribution < 1.29 is 17.9 Å². The van der Waals surface area contributed by atoms with Crippen LogP contribution in [-0.4, -0.2) is 42.7 Å². The van der Waals surface area contributed by atoms with E-state index in [1.54, 1.807) is 57.1 Å². The molecule has 0 atom stereocenters. The van der Waals surface area contributed by atoms with Gasteiger partial charge in [0.2, 0.25) is 0 Å². The summed E-state index contributed by atoms with van der Waals surface area (Å²) in [6.07, 6.45) is 0. The molecule has 3 aromatic carbocycles. The van der Waals surface area contributed by atoms with Crippen LogP contribution in [-0.2, 0) is 23.6 Å². The Kier molecular flexibility index (Phi) is 7.21. The van der Waals surface area contributed by atoms with Crippen molar-refractivity contribution in [1.82, 2.24) is 14.3 Å². The van der Waals surface area contributed by atoms with Gasteiger partial charge in [-0.05, 0) is 49.4 Å². The van der Waals surface area contributed by atoms with Gasteiger partial charge in [0.15, 0.2) is 0 Å². The highest BCUT2D eigenvalue weighted by atomic mass is 32.2. The van der Waals surface area contributed by atoms with E-state index in [2.05, 4.69) is 4.72 Å².